The van der Waals surface area contributed by atoms with Crippen LogP contribution in [0, 0.1) is 0 Å². The van der Waals surface area contributed by atoms with Gasteiger partial charge in [-0.25, -0.2) is 0 Å². The van der Waals surface area contributed by atoms with Crippen LogP contribution in [0.2, 0.25) is 5.02 Å². The van der Waals surface area contributed by atoms with E-state index >= 15 is 0 Å². The van der Waals surface area contributed by atoms with Crippen LogP contribution in [0.15, 0.2) is 59.8 Å². The Kier molecular flexibility index (Phi) is 6.19. The lowest BCUT2D eigenvalue weighted by atomic mass is 9.78. The summed E-state index contributed by atoms with van der Waals surface area (Å²) in [4.78, 5) is 14.0. The Bertz CT molecular complexity index is 1440. The summed E-state index contributed by atoms with van der Waals surface area (Å²) >= 11 is 6.75. The normalized spacial score (nSPS) is 19.5. The average molecular weight is 535 g/mol. The van der Waals surface area contributed by atoms with Crippen LogP contribution in [0.3, 0.4) is 0 Å². The van der Waals surface area contributed by atoms with Gasteiger partial charge in [-0.3, -0.25) is 4.79 Å². The Morgan fingerprint density at radius 3 is 2.26 bits per heavy atom. The highest BCUT2D eigenvalue weighted by Crippen LogP contribution is 2.49. The number of carbonyl (C=O) groups is 1. The number of nitrogens with one attached hydrogen (secondary N) is 2. The van der Waals surface area contributed by atoms with Gasteiger partial charge in [-0.2, -0.15) is 0 Å². The van der Waals surface area contributed by atoms with Crippen LogP contribution in [-0.2, 0) is 4.79 Å². The van der Waals surface area contributed by atoms with Crippen LogP contribution in [0.5, 0.6) is 28.7 Å². The molecule has 2 heterocycles. The summed E-state index contributed by atoms with van der Waals surface area (Å²) in [6.45, 7) is 0.140. The van der Waals surface area contributed by atoms with E-state index in [0.29, 0.717) is 52.2 Å². The molecule has 0 fully saturated rings. The number of hydrogen-bond acceptors (Lipinski definition) is 8. The molecule has 0 saturated carbocycles. The van der Waals surface area contributed by atoms with Gasteiger partial charge in [0.2, 0.25) is 12.5 Å². The van der Waals surface area contributed by atoms with Crippen molar-refractivity contribution >= 4 is 28.8 Å². The molecule has 2 aliphatic heterocycles. The first-order chi connectivity index (χ1) is 18.5. The highest BCUT2D eigenvalue weighted by Gasteiger charge is 2.38. The number of fused-ring (bicyclic) bond motifs is 2. The highest BCUT2D eigenvalue weighted by atomic mass is 35.5. The summed E-state index contributed by atoms with van der Waals surface area (Å²) < 4.78 is 27.8. The summed E-state index contributed by atoms with van der Waals surface area (Å²) in [5.41, 5.74) is 4.95. The van der Waals surface area contributed by atoms with Crippen molar-refractivity contribution in [3.63, 3.8) is 0 Å². The van der Waals surface area contributed by atoms with Gasteiger partial charge in [-0.05, 0) is 48.2 Å². The zero-order valence-corrected chi connectivity index (χ0v) is 22.0. The molecule has 3 aromatic carbocycles. The van der Waals surface area contributed by atoms with E-state index in [0.717, 1.165) is 28.2 Å². The van der Waals surface area contributed by atoms with Crippen molar-refractivity contribution in [2.24, 2.45) is 0 Å². The molecular formula is C29H27ClN2O6. The van der Waals surface area contributed by atoms with Gasteiger partial charge in [0.25, 0.3) is 0 Å². The van der Waals surface area contributed by atoms with Gasteiger partial charge >= 0.3 is 0 Å². The van der Waals surface area contributed by atoms with Crippen molar-refractivity contribution in [3.05, 3.63) is 76.0 Å². The quantitative estimate of drug-likeness (QED) is 0.407. The van der Waals surface area contributed by atoms with Crippen LogP contribution < -0.4 is 34.3 Å². The standard InChI is InChI=1S/C29H27ClN2O6/c1-34-25-10-16(11-26(35-2)29(25)36-3)15-8-21-27(22(33)9-15)28(32-20-7-5-4-6-19(20)31-21)17-12-23-24(13-18(17)30)38-14-37-23/h4-7,10-13,15,28,31-32H,8-9,14H2,1-3H3/t15-,28+/m1/s1. The lowest BCUT2D eigenvalue weighted by molar-refractivity contribution is -0.116. The fraction of sp³-hybridized carbons (Fsp3) is 0.276. The van der Waals surface area contributed by atoms with Crippen LogP contribution in [0.1, 0.15) is 35.9 Å². The molecular weight excluding hydrogens is 508 g/mol. The number of para-hydroxylation sites is 2. The van der Waals surface area contributed by atoms with Gasteiger partial charge in [0, 0.05) is 29.3 Å². The molecule has 1 aliphatic carbocycles. The Labute approximate surface area is 225 Å². The fourth-order valence-corrected chi connectivity index (χ4v) is 5.72. The molecule has 6 rings (SSSR count). The number of methoxy groups -OCH3 is 3. The molecule has 0 amide bonds. The Morgan fingerprint density at radius 1 is 0.895 bits per heavy atom. The maximum atomic E-state index is 14.0. The molecule has 3 aromatic rings. The number of ketones is 1. The van der Waals surface area contributed by atoms with Crippen molar-refractivity contribution in [1.82, 2.24) is 0 Å². The molecule has 38 heavy (non-hydrogen) atoms. The zero-order chi connectivity index (χ0) is 26.4. The minimum Gasteiger partial charge on any atom is -0.493 e. The summed E-state index contributed by atoms with van der Waals surface area (Å²) in [7, 11) is 4.74. The van der Waals surface area contributed by atoms with E-state index in [1.54, 1.807) is 27.4 Å². The van der Waals surface area contributed by atoms with Gasteiger partial charge in [0.15, 0.2) is 28.8 Å². The van der Waals surface area contributed by atoms with E-state index in [1.807, 2.05) is 42.5 Å². The monoisotopic (exact) mass is 534 g/mol. The first-order valence-corrected chi connectivity index (χ1v) is 12.7. The minimum atomic E-state index is -0.475. The number of allylic oxidation sites excluding steroid dienone is 1. The van der Waals surface area contributed by atoms with E-state index in [4.69, 9.17) is 35.3 Å². The van der Waals surface area contributed by atoms with E-state index in [2.05, 4.69) is 10.6 Å². The van der Waals surface area contributed by atoms with Crippen molar-refractivity contribution in [2.75, 3.05) is 38.8 Å². The van der Waals surface area contributed by atoms with Gasteiger partial charge in [0.1, 0.15) is 0 Å². The fourth-order valence-electron chi connectivity index (χ4n) is 5.45. The third kappa shape index (κ3) is 4.05. The van der Waals surface area contributed by atoms with Crippen molar-refractivity contribution < 1.29 is 28.5 Å². The van der Waals surface area contributed by atoms with Crippen molar-refractivity contribution in [1.29, 1.82) is 0 Å². The molecule has 9 heteroatoms. The molecule has 0 bridgehead atoms. The first-order valence-electron chi connectivity index (χ1n) is 12.3. The molecule has 0 aromatic heterocycles. The van der Waals surface area contributed by atoms with Crippen LogP contribution >= 0.6 is 11.6 Å². The topological polar surface area (TPSA) is 87.3 Å². The molecule has 2 N–H and O–H groups in total. The van der Waals surface area contributed by atoms with Crippen LogP contribution in [0.25, 0.3) is 0 Å². The van der Waals surface area contributed by atoms with Crippen molar-refractivity contribution in [3.8, 4) is 28.7 Å². The molecule has 2 atom stereocenters. The number of Topliss-reactive ketones (excluding diaryl/α,β-unsaturated/α-hetero) is 1. The minimum absolute atomic E-state index is 0.0246. The smallest absolute Gasteiger partial charge is 0.231 e. The van der Waals surface area contributed by atoms with E-state index in [-0.39, 0.29) is 18.5 Å². The number of rotatable bonds is 5. The number of ether oxygens (including phenoxy) is 5. The van der Waals surface area contributed by atoms with Crippen LogP contribution in [0.4, 0.5) is 11.4 Å². The summed E-state index contributed by atoms with van der Waals surface area (Å²) in [5.74, 6) is 2.76. The maximum Gasteiger partial charge on any atom is 0.231 e. The lowest BCUT2D eigenvalue weighted by Gasteiger charge is -2.30. The number of benzene rings is 3. The van der Waals surface area contributed by atoms with Gasteiger partial charge < -0.3 is 34.3 Å². The molecule has 0 saturated heterocycles. The van der Waals surface area contributed by atoms with E-state index in [9.17, 15) is 4.79 Å². The van der Waals surface area contributed by atoms with Gasteiger partial charge in [-0.15, -0.1) is 0 Å². The maximum absolute atomic E-state index is 14.0. The second-order valence-corrected chi connectivity index (χ2v) is 9.76. The molecule has 3 aliphatic rings. The Hall–Kier alpha value is -4.04. The summed E-state index contributed by atoms with van der Waals surface area (Å²) in [6, 6.07) is 14.9. The largest absolute Gasteiger partial charge is 0.493 e. The van der Waals surface area contributed by atoms with E-state index < -0.39 is 6.04 Å². The first kappa shape index (κ1) is 24.3. The summed E-state index contributed by atoms with van der Waals surface area (Å²) in [5, 5.41) is 7.62. The Balaban J connectivity index is 1.46. The number of halogens is 1. The SMILES string of the molecule is COc1cc([C@H]2CC(=O)C3=C(C2)Nc2ccccc2N[C@H]3c2cc3c(cc2Cl)OCO3)cc(OC)c1OC. The highest BCUT2D eigenvalue weighted by molar-refractivity contribution is 6.31. The number of carbonyl (C=O) groups excluding carboxylic acids is 1. The average Bonchev–Trinajstić information content (AvgIpc) is 3.31. The van der Waals surface area contributed by atoms with Crippen molar-refractivity contribution in [2.45, 2.75) is 24.8 Å². The molecule has 0 spiro atoms. The summed E-state index contributed by atoms with van der Waals surface area (Å²) in [6.07, 6.45) is 0.921. The predicted molar refractivity (Wildman–Crippen MR) is 144 cm³/mol. The van der Waals surface area contributed by atoms with Gasteiger partial charge in [-0.1, -0.05) is 23.7 Å². The number of anilines is 2. The second kappa shape index (κ2) is 9.68. The lowest BCUT2D eigenvalue weighted by Crippen LogP contribution is -2.27. The third-order valence-corrected chi connectivity index (χ3v) is 7.60. The number of hydrogen-bond donors (Lipinski definition) is 2. The predicted octanol–water partition coefficient (Wildman–Crippen LogP) is 6.07. The molecule has 8 nitrogen and oxygen atoms in total. The Morgan fingerprint density at radius 2 is 1.58 bits per heavy atom. The third-order valence-electron chi connectivity index (χ3n) is 7.27. The van der Waals surface area contributed by atoms with Gasteiger partial charge in [0.05, 0.1) is 43.8 Å². The molecule has 0 unspecified atom stereocenters. The molecule has 0 radical (unpaired) electrons. The zero-order valence-electron chi connectivity index (χ0n) is 21.2. The van der Waals surface area contributed by atoms with E-state index in [1.165, 1.54) is 0 Å². The van der Waals surface area contributed by atoms with Crippen LogP contribution in [-0.4, -0.2) is 33.9 Å². The second-order valence-electron chi connectivity index (χ2n) is 9.35. The molecule has 196 valence electrons.